The van der Waals surface area contributed by atoms with Gasteiger partial charge < -0.3 is 25.4 Å². The summed E-state index contributed by atoms with van der Waals surface area (Å²) < 4.78 is 5.42. The van der Waals surface area contributed by atoms with Gasteiger partial charge in [-0.3, -0.25) is 14.5 Å². The van der Waals surface area contributed by atoms with Crippen LogP contribution in [0.4, 0.5) is 11.4 Å². The Morgan fingerprint density at radius 1 is 0.971 bits per heavy atom. The number of amides is 2. The SMILES string of the molecule is CC(C)(C)NC(=O)CN1CCN(c2ccc(NC(=O)COc3ccccc3)c(C(=O)O)c2)CC1. The predicted molar refractivity (Wildman–Crippen MR) is 131 cm³/mol. The summed E-state index contributed by atoms with van der Waals surface area (Å²) in [7, 11) is 0. The van der Waals surface area contributed by atoms with Crippen molar-refractivity contribution in [3.63, 3.8) is 0 Å². The maximum absolute atomic E-state index is 12.3. The number of para-hydroxylation sites is 1. The highest BCUT2D eigenvalue weighted by molar-refractivity contribution is 6.01. The van der Waals surface area contributed by atoms with E-state index in [0.29, 0.717) is 38.5 Å². The molecule has 1 aliphatic rings. The summed E-state index contributed by atoms with van der Waals surface area (Å²) in [5, 5.41) is 15.3. The van der Waals surface area contributed by atoms with Crippen LogP contribution in [0, 0.1) is 0 Å². The first-order valence-corrected chi connectivity index (χ1v) is 11.2. The standard InChI is InChI=1S/C25H32N4O5/c1-25(2,3)27-22(30)16-28-11-13-29(14-12-28)18-9-10-21(20(15-18)24(32)33)26-23(31)17-34-19-7-5-4-6-8-19/h4-10,15H,11-14,16-17H2,1-3H3,(H,26,31)(H,27,30)(H,32,33). The van der Waals surface area contributed by atoms with Gasteiger partial charge in [0.15, 0.2) is 6.61 Å². The normalized spacial score (nSPS) is 14.4. The molecular formula is C25H32N4O5. The molecule has 0 spiro atoms. The molecule has 0 aliphatic carbocycles. The smallest absolute Gasteiger partial charge is 0.337 e. The van der Waals surface area contributed by atoms with Crippen molar-refractivity contribution in [1.82, 2.24) is 10.2 Å². The molecule has 1 aliphatic heterocycles. The van der Waals surface area contributed by atoms with Crippen molar-refractivity contribution < 1.29 is 24.2 Å². The topological polar surface area (TPSA) is 111 Å². The van der Waals surface area contributed by atoms with Gasteiger partial charge in [0.2, 0.25) is 5.91 Å². The fourth-order valence-electron chi connectivity index (χ4n) is 3.69. The number of nitrogens with one attached hydrogen (secondary N) is 2. The number of rotatable bonds is 8. The molecule has 3 rings (SSSR count). The van der Waals surface area contributed by atoms with E-state index in [0.717, 1.165) is 5.69 Å². The molecule has 3 N–H and O–H groups in total. The number of carboxylic acids is 1. The van der Waals surface area contributed by atoms with Crippen LogP contribution in [0.5, 0.6) is 5.75 Å². The molecule has 9 nitrogen and oxygen atoms in total. The van der Waals surface area contributed by atoms with Crippen LogP contribution in [0.3, 0.4) is 0 Å². The number of aromatic carboxylic acids is 1. The van der Waals surface area contributed by atoms with Crippen molar-refractivity contribution in [2.24, 2.45) is 0 Å². The average molecular weight is 469 g/mol. The molecule has 0 aromatic heterocycles. The van der Waals surface area contributed by atoms with Gasteiger partial charge in [0, 0.05) is 37.4 Å². The van der Waals surface area contributed by atoms with Gasteiger partial charge in [0.25, 0.3) is 5.91 Å². The molecule has 2 aromatic carbocycles. The van der Waals surface area contributed by atoms with E-state index in [-0.39, 0.29) is 29.3 Å². The number of carbonyl (C=O) groups excluding carboxylic acids is 2. The average Bonchev–Trinajstić information content (AvgIpc) is 2.78. The largest absolute Gasteiger partial charge is 0.484 e. The first-order valence-electron chi connectivity index (χ1n) is 11.2. The Hall–Kier alpha value is -3.59. The highest BCUT2D eigenvalue weighted by Crippen LogP contribution is 2.25. The van der Waals surface area contributed by atoms with E-state index in [9.17, 15) is 19.5 Å². The minimum absolute atomic E-state index is 0.00884. The van der Waals surface area contributed by atoms with Crippen LogP contribution in [0.1, 0.15) is 31.1 Å². The molecule has 0 saturated carbocycles. The lowest BCUT2D eigenvalue weighted by Gasteiger charge is -2.36. The van der Waals surface area contributed by atoms with Gasteiger partial charge in [-0.15, -0.1) is 0 Å². The summed E-state index contributed by atoms with van der Waals surface area (Å²) in [6, 6.07) is 13.9. The van der Waals surface area contributed by atoms with E-state index in [4.69, 9.17) is 4.74 Å². The number of carbonyl (C=O) groups is 3. The first kappa shape index (κ1) is 25.0. The van der Waals surface area contributed by atoms with Crippen LogP contribution in [-0.2, 0) is 9.59 Å². The highest BCUT2D eigenvalue weighted by Gasteiger charge is 2.23. The number of anilines is 2. The van der Waals surface area contributed by atoms with Gasteiger partial charge in [0.05, 0.1) is 17.8 Å². The lowest BCUT2D eigenvalue weighted by Crippen LogP contribution is -2.51. The number of piperazine rings is 1. The monoisotopic (exact) mass is 468 g/mol. The van der Waals surface area contributed by atoms with Crippen molar-refractivity contribution in [3.8, 4) is 5.75 Å². The van der Waals surface area contributed by atoms with Crippen molar-refractivity contribution in [2.45, 2.75) is 26.3 Å². The molecule has 34 heavy (non-hydrogen) atoms. The number of hydrogen-bond acceptors (Lipinski definition) is 6. The summed E-state index contributed by atoms with van der Waals surface area (Å²) in [6.45, 7) is 8.67. The molecule has 182 valence electrons. The van der Waals surface area contributed by atoms with E-state index in [1.165, 1.54) is 0 Å². The molecule has 0 unspecified atom stereocenters. The van der Waals surface area contributed by atoms with Crippen LogP contribution < -0.4 is 20.3 Å². The minimum atomic E-state index is -1.13. The maximum atomic E-state index is 12.3. The van der Waals surface area contributed by atoms with Gasteiger partial charge in [-0.2, -0.15) is 0 Å². The van der Waals surface area contributed by atoms with Crippen LogP contribution in [-0.4, -0.2) is 72.7 Å². The van der Waals surface area contributed by atoms with Gasteiger partial charge in [-0.05, 0) is 51.1 Å². The van der Waals surface area contributed by atoms with Crippen LogP contribution in [0.15, 0.2) is 48.5 Å². The number of hydrogen-bond donors (Lipinski definition) is 3. The number of carboxylic acid groups (broad SMARTS) is 1. The maximum Gasteiger partial charge on any atom is 0.337 e. The van der Waals surface area contributed by atoms with Crippen molar-refractivity contribution in [1.29, 1.82) is 0 Å². The third-order valence-electron chi connectivity index (χ3n) is 5.24. The summed E-state index contributed by atoms with van der Waals surface area (Å²) in [4.78, 5) is 40.5. The highest BCUT2D eigenvalue weighted by atomic mass is 16.5. The third kappa shape index (κ3) is 7.48. The summed E-state index contributed by atoms with van der Waals surface area (Å²) >= 11 is 0. The number of benzene rings is 2. The lowest BCUT2D eigenvalue weighted by molar-refractivity contribution is -0.123. The van der Waals surface area contributed by atoms with Crippen molar-refractivity contribution >= 4 is 29.2 Å². The molecule has 1 saturated heterocycles. The Kier molecular flexibility index (Phi) is 8.12. The van der Waals surface area contributed by atoms with E-state index in [1.807, 2.05) is 26.8 Å². The van der Waals surface area contributed by atoms with E-state index >= 15 is 0 Å². The Labute approximate surface area is 199 Å². The Bertz CT molecular complexity index is 1010. The van der Waals surface area contributed by atoms with Gasteiger partial charge >= 0.3 is 5.97 Å². The zero-order chi connectivity index (χ0) is 24.7. The molecule has 2 aromatic rings. The molecule has 0 radical (unpaired) electrons. The number of nitrogens with zero attached hydrogens (tertiary/aromatic N) is 2. The Balaban J connectivity index is 1.57. The lowest BCUT2D eigenvalue weighted by atomic mass is 10.1. The van der Waals surface area contributed by atoms with E-state index < -0.39 is 11.9 Å². The fraction of sp³-hybridized carbons (Fsp3) is 0.400. The molecule has 1 heterocycles. The van der Waals surface area contributed by atoms with Crippen molar-refractivity contribution in [3.05, 3.63) is 54.1 Å². The third-order valence-corrected chi connectivity index (χ3v) is 5.24. The van der Waals surface area contributed by atoms with Gasteiger partial charge in [-0.25, -0.2) is 4.79 Å². The summed E-state index contributed by atoms with van der Waals surface area (Å²) in [6.07, 6.45) is 0. The first-order chi connectivity index (χ1) is 16.1. The summed E-state index contributed by atoms with van der Waals surface area (Å²) in [5.41, 5.74) is 0.722. The Morgan fingerprint density at radius 3 is 2.26 bits per heavy atom. The van der Waals surface area contributed by atoms with Gasteiger partial charge in [0.1, 0.15) is 5.75 Å². The van der Waals surface area contributed by atoms with E-state index in [1.54, 1.807) is 42.5 Å². The van der Waals surface area contributed by atoms with E-state index in [2.05, 4.69) is 20.4 Å². The molecule has 0 atom stereocenters. The molecule has 1 fully saturated rings. The van der Waals surface area contributed by atoms with Crippen LogP contribution >= 0.6 is 0 Å². The van der Waals surface area contributed by atoms with Crippen molar-refractivity contribution in [2.75, 3.05) is 49.5 Å². The van der Waals surface area contributed by atoms with Gasteiger partial charge in [-0.1, -0.05) is 18.2 Å². The number of ether oxygens (including phenoxy) is 1. The molecule has 2 amide bonds. The summed E-state index contributed by atoms with van der Waals surface area (Å²) in [5.74, 6) is -1.02. The second-order valence-electron chi connectivity index (χ2n) is 9.25. The molecular weight excluding hydrogens is 436 g/mol. The zero-order valence-corrected chi connectivity index (χ0v) is 19.8. The predicted octanol–water partition coefficient (Wildman–Crippen LogP) is 2.44. The second-order valence-corrected chi connectivity index (χ2v) is 9.25. The quantitative estimate of drug-likeness (QED) is 0.546. The van der Waals surface area contributed by atoms with Crippen LogP contribution in [0.25, 0.3) is 0 Å². The zero-order valence-electron chi connectivity index (χ0n) is 19.8. The molecule has 9 heteroatoms. The minimum Gasteiger partial charge on any atom is -0.484 e. The molecule has 0 bridgehead atoms. The second kappa shape index (κ2) is 11.0. The van der Waals surface area contributed by atoms with Crippen LogP contribution in [0.2, 0.25) is 0 Å². The fourth-order valence-corrected chi connectivity index (χ4v) is 3.69. The Morgan fingerprint density at radius 2 is 1.65 bits per heavy atom.